The van der Waals surface area contributed by atoms with Crippen molar-refractivity contribution < 1.29 is 9.90 Å². The second-order valence-corrected chi connectivity index (χ2v) is 5.86. The molecule has 23 heavy (non-hydrogen) atoms. The molecule has 0 saturated heterocycles. The minimum Gasteiger partial charge on any atom is -0.394 e. The van der Waals surface area contributed by atoms with Crippen molar-refractivity contribution in [3.63, 3.8) is 0 Å². The maximum Gasteiger partial charge on any atom is 0.220 e. The van der Waals surface area contributed by atoms with E-state index in [-0.39, 0.29) is 24.5 Å². The fraction of sp³-hybridized carbons (Fsp3) is 0.350. The van der Waals surface area contributed by atoms with Crippen LogP contribution in [0.2, 0.25) is 0 Å². The standard InChI is InChI=1S/C20H25NO2/c1-2-17(18-11-7-4-8-12-18)14-20(23)21-19(15-22)13-16-9-5-3-6-10-16/h3-12,17,19,22H,2,13-15H2,1H3,(H,21,23). The topological polar surface area (TPSA) is 49.3 Å². The zero-order valence-corrected chi connectivity index (χ0v) is 13.6. The molecule has 2 rings (SSSR count). The van der Waals surface area contributed by atoms with E-state index in [1.807, 2.05) is 48.5 Å². The monoisotopic (exact) mass is 311 g/mol. The van der Waals surface area contributed by atoms with Crippen LogP contribution in [0.1, 0.15) is 36.8 Å². The van der Waals surface area contributed by atoms with Gasteiger partial charge in [0.15, 0.2) is 0 Å². The van der Waals surface area contributed by atoms with Gasteiger partial charge in [0.05, 0.1) is 12.6 Å². The number of hydrogen-bond donors (Lipinski definition) is 2. The van der Waals surface area contributed by atoms with Crippen LogP contribution in [0, 0.1) is 0 Å². The fourth-order valence-corrected chi connectivity index (χ4v) is 2.79. The molecule has 0 aliphatic carbocycles. The number of amides is 1. The average molecular weight is 311 g/mol. The van der Waals surface area contributed by atoms with Gasteiger partial charge in [-0.15, -0.1) is 0 Å². The third kappa shape index (κ3) is 5.53. The number of aliphatic hydroxyl groups is 1. The Balaban J connectivity index is 1.91. The van der Waals surface area contributed by atoms with E-state index >= 15 is 0 Å². The summed E-state index contributed by atoms with van der Waals surface area (Å²) < 4.78 is 0. The van der Waals surface area contributed by atoms with Crippen LogP contribution >= 0.6 is 0 Å². The first-order valence-corrected chi connectivity index (χ1v) is 8.22. The van der Waals surface area contributed by atoms with E-state index in [2.05, 4.69) is 24.4 Å². The highest BCUT2D eigenvalue weighted by molar-refractivity contribution is 5.77. The molecule has 0 spiro atoms. The highest BCUT2D eigenvalue weighted by atomic mass is 16.3. The van der Waals surface area contributed by atoms with Crippen molar-refractivity contribution in [2.45, 2.75) is 38.1 Å². The lowest BCUT2D eigenvalue weighted by molar-refractivity contribution is -0.122. The summed E-state index contributed by atoms with van der Waals surface area (Å²) in [6.45, 7) is 2.04. The lowest BCUT2D eigenvalue weighted by Crippen LogP contribution is -2.39. The smallest absolute Gasteiger partial charge is 0.220 e. The third-order valence-corrected chi connectivity index (χ3v) is 4.11. The van der Waals surface area contributed by atoms with Gasteiger partial charge in [-0.1, -0.05) is 67.6 Å². The molecule has 2 atom stereocenters. The Morgan fingerprint density at radius 1 is 1.04 bits per heavy atom. The van der Waals surface area contributed by atoms with Gasteiger partial charge in [0, 0.05) is 6.42 Å². The molecule has 0 aromatic heterocycles. The number of hydrogen-bond acceptors (Lipinski definition) is 2. The minimum atomic E-state index is -0.238. The molecule has 0 radical (unpaired) electrons. The SMILES string of the molecule is CCC(CC(=O)NC(CO)Cc1ccccc1)c1ccccc1. The summed E-state index contributed by atoms with van der Waals surface area (Å²) in [4.78, 5) is 12.3. The molecule has 122 valence electrons. The van der Waals surface area contributed by atoms with Crippen molar-refractivity contribution in [1.29, 1.82) is 0 Å². The molecule has 2 N–H and O–H groups in total. The van der Waals surface area contributed by atoms with Crippen molar-refractivity contribution in [3.8, 4) is 0 Å². The maximum atomic E-state index is 12.3. The third-order valence-electron chi connectivity index (χ3n) is 4.11. The summed E-state index contributed by atoms with van der Waals surface area (Å²) in [7, 11) is 0. The van der Waals surface area contributed by atoms with Crippen LogP contribution in [0.15, 0.2) is 60.7 Å². The molecule has 0 bridgehead atoms. The molecular weight excluding hydrogens is 286 g/mol. The second-order valence-electron chi connectivity index (χ2n) is 5.86. The Hall–Kier alpha value is -2.13. The summed E-state index contributed by atoms with van der Waals surface area (Å²) >= 11 is 0. The molecule has 2 unspecified atom stereocenters. The van der Waals surface area contributed by atoms with E-state index in [0.717, 1.165) is 12.0 Å². The highest BCUT2D eigenvalue weighted by Gasteiger charge is 2.17. The van der Waals surface area contributed by atoms with Crippen LogP contribution in [0.3, 0.4) is 0 Å². The van der Waals surface area contributed by atoms with Gasteiger partial charge in [0.1, 0.15) is 0 Å². The molecular formula is C20H25NO2. The first kappa shape index (κ1) is 17.2. The maximum absolute atomic E-state index is 12.3. The van der Waals surface area contributed by atoms with Crippen LogP contribution < -0.4 is 5.32 Å². The predicted octanol–water partition coefficient (Wildman–Crippen LogP) is 3.29. The molecule has 0 saturated carbocycles. The normalized spacial score (nSPS) is 13.3. The van der Waals surface area contributed by atoms with Crippen molar-refractivity contribution in [3.05, 3.63) is 71.8 Å². The molecule has 3 heteroatoms. The summed E-state index contributed by atoms with van der Waals surface area (Å²) in [5.74, 6) is 0.211. The quantitative estimate of drug-likeness (QED) is 0.786. The second kappa shape index (κ2) is 9.11. The molecule has 0 aliphatic rings. The Morgan fingerprint density at radius 2 is 1.65 bits per heavy atom. The van der Waals surface area contributed by atoms with Gasteiger partial charge in [-0.2, -0.15) is 0 Å². The number of benzene rings is 2. The molecule has 2 aromatic rings. The van der Waals surface area contributed by atoms with Gasteiger partial charge in [-0.05, 0) is 29.9 Å². The molecule has 3 nitrogen and oxygen atoms in total. The van der Waals surface area contributed by atoms with Crippen LogP contribution in [0.25, 0.3) is 0 Å². The Morgan fingerprint density at radius 3 is 2.22 bits per heavy atom. The first-order chi connectivity index (χ1) is 11.2. The van der Waals surface area contributed by atoms with E-state index in [4.69, 9.17) is 0 Å². The number of carbonyl (C=O) groups excluding carboxylic acids is 1. The van der Waals surface area contributed by atoms with E-state index in [9.17, 15) is 9.90 Å². The lowest BCUT2D eigenvalue weighted by atomic mass is 9.93. The number of aliphatic hydroxyl groups excluding tert-OH is 1. The molecule has 0 fully saturated rings. The van der Waals surface area contributed by atoms with Gasteiger partial charge in [-0.3, -0.25) is 4.79 Å². The summed E-state index contributed by atoms with van der Waals surface area (Å²) in [5, 5.41) is 12.5. The van der Waals surface area contributed by atoms with Crippen LogP contribution in [0.5, 0.6) is 0 Å². The lowest BCUT2D eigenvalue weighted by Gasteiger charge is -2.19. The van der Waals surface area contributed by atoms with E-state index in [1.165, 1.54) is 5.56 Å². The van der Waals surface area contributed by atoms with E-state index in [0.29, 0.717) is 12.8 Å². The Bertz CT molecular complexity index is 583. The summed E-state index contributed by atoms with van der Waals surface area (Å²) in [5.41, 5.74) is 2.30. The average Bonchev–Trinajstić information content (AvgIpc) is 2.60. The summed E-state index contributed by atoms with van der Waals surface area (Å²) in [6, 6.07) is 19.8. The van der Waals surface area contributed by atoms with Crippen LogP contribution in [-0.4, -0.2) is 23.7 Å². The van der Waals surface area contributed by atoms with Crippen LogP contribution in [-0.2, 0) is 11.2 Å². The number of carbonyl (C=O) groups is 1. The highest BCUT2D eigenvalue weighted by Crippen LogP contribution is 2.22. The molecule has 2 aromatic carbocycles. The first-order valence-electron chi connectivity index (χ1n) is 8.22. The van der Waals surface area contributed by atoms with Gasteiger partial charge < -0.3 is 10.4 Å². The Labute approximate surface area is 138 Å². The zero-order chi connectivity index (χ0) is 16.5. The van der Waals surface area contributed by atoms with Crippen molar-refractivity contribution in [2.75, 3.05) is 6.61 Å². The summed E-state index contributed by atoms with van der Waals surface area (Å²) in [6.07, 6.45) is 2.01. The predicted molar refractivity (Wildman–Crippen MR) is 93.3 cm³/mol. The van der Waals surface area contributed by atoms with Gasteiger partial charge in [-0.25, -0.2) is 0 Å². The van der Waals surface area contributed by atoms with Crippen molar-refractivity contribution in [2.24, 2.45) is 0 Å². The zero-order valence-electron chi connectivity index (χ0n) is 13.6. The minimum absolute atomic E-state index is 0.00400. The molecule has 0 aliphatic heterocycles. The Kier molecular flexibility index (Phi) is 6.82. The van der Waals surface area contributed by atoms with Gasteiger partial charge >= 0.3 is 0 Å². The molecule has 1 amide bonds. The van der Waals surface area contributed by atoms with Gasteiger partial charge in [0.25, 0.3) is 0 Å². The van der Waals surface area contributed by atoms with Gasteiger partial charge in [0.2, 0.25) is 5.91 Å². The van der Waals surface area contributed by atoms with Crippen LogP contribution in [0.4, 0.5) is 0 Å². The van der Waals surface area contributed by atoms with E-state index < -0.39 is 0 Å². The largest absolute Gasteiger partial charge is 0.394 e. The van der Waals surface area contributed by atoms with Crippen molar-refractivity contribution >= 4 is 5.91 Å². The number of rotatable bonds is 8. The fourth-order valence-electron chi connectivity index (χ4n) is 2.79. The van der Waals surface area contributed by atoms with E-state index in [1.54, 1.807) is 0 Å². The molecule has 0 heterocycles. The number of nitrogens with one attached hydrogen (secondary N) is 1. The van der Waals surface area contributed by atoms with Crippen molar-refractivity contribution in [1.82, 2.24) is 5.32 Å².